The molecule has 9 heteroatoms. The largest absolute Gasteiger partial charge is 0.441 e. The number of piperazine rings is 1. The lowest BCUT2D eigenvalue weighted by Crippen LogP contribution is -2.46. The fraction of sp³-hybridized carbons (Fsp3) is 0.565. The smallest absolute Gasteiger partial charge is 0.235 e. The number of rotatable bonds is 10. The lowest BCUT2D eigenvalue weighted by atomic mass is 10.1. The van der Waals surface area contributed by atoms with Crippen molar-refractivity contribution in [2.75, 3.05) is 51.6 Å². The molecule has 32 heavy (non-hydrogen) atoms. The van der Waals surface area contributed by atoms with Gasteiger partial charge in [0.1, 0.15) is 11.5 Å². The Labute approximate surface area is 190 Å². The first-order chi connectivity index (χ1) is 15.3. The topological polar surface area (TPSA) is 95.8 Å². The molecule has 176 valence electrons. The van der Waals surface area contributed by atoms with Crippen LogP contribution in [0.5, 0.6) is 0 Å². The average Bonchev–Trinajstić information content (AvgIpc) is 3.11. The molecule has 2 aromatic rings. The van der Waals surface area contributed by atoms with Crippen molar-refractivity contribution in [1.29, 1.82) is 0 Å². The van der Waals surface area contributed by atoms with Crippen LogP contribution in [-0.4, -0.2) is 80.7 Å². The fourth-order valence-electron chi connectivity index (χ4n) is 3.75. The summed E-state index contributed by atoms with van der Waals surface area (Å²) in [5, 5.41) is 2.74. The molecule has 8 nitrogen and oxygen atoms in total. The number of aryl methyl sites for hydroxylation is 2. The van der Waals surface area contributed by atoms with Gasteiger partial charge in [0, 0.05) is 38.3 Å². The minimum Gasteiger partial charge on any atom is -0.441 e. The van der Waals surface area contributed by atoms with Gasteiger partial charge in [-0.25, -0.2) is 13.4 Å². The molecule has 3 rings (SSSR count). The number of hydrogen-bond donors (Lipinski definition) is 1. The molecule has 1 fully saturated rings. The zero-order chi connectivity index (χ0) is 23.1. The maximum Gasteiger partial charge on any atom is 0.235 e. The number of hydrogen-bond acceptors (Lipinski definition) is 7. The van der Waals surface area contributed by atoms with Gasteiger partial charge in [-0.05, 0) is 45.5 Å². The highest BCUT2D eigenvalue weighted by molar-refractivity contribution is 7.91. The summed E-state index contributed by atoms with van der Waals surface area (Å²) < 4.78 is 30.7. The Morgan fingerprint density at radius 3 is 2.41 bits per heavy atom. The van der Waals surface area contributed by atoms with E-state index in [1.807, 2.05) is 31.2 Å². The van der Waals surface area contributed by atoms with Crippen molar-refractivity contribution in [1.82, 2.24) is 20.1 Å². The first-order valence-corrected chi connectivity index (χ1v) is 13.0. The second kappa shape index (κ2) is 11.1. The van der Waals surface area contributed by atoms with Crippen LogP contribution in [-0.2, 0) is 20.4 Å². The summed E-state index contributed by atoms with van der Waals surface area (Å²) in [5.41, 5.74) is 2.25. The summed E-state index contributed by atoms with van der Waals surface area (Å²) in [6.07, 6.45) is 0.806. The Bertz CT molecular complexity index is 994. The van der Waals surface area contributed by atoms with E-state index in [1.54, 1.807) is 6.92 Å². The van der Waals surface area contributed by atoms with Crippen LogP contribution in [0.2, 0.25) is 0 Å². The molecule has 0 saturated carbocycles. The molecule has 1 saturated heterocycles. The number of benzene rings is 1. The highest BCUT2D eigenvalue weighted by atomic mass is 32.2. The average molecular weight is 463 g/mol. The third kappa shape index (κ3) is 7.15. The number of nitrogens with one attached hydrogen (secondary N) is 1. The van der Waals surface area contributed by atoms with E-state index in [0.29, 0.717) is 23.9 Å². The molecule has 0 radical (unpaired) electrons. The molecule has 0 spiro atoms. The van der Waals surface area contributed by atoms with Crippen molar-refractivity contribution in [2.45, 2.75) is 32.9 Å². The molecular formula is C23H34N4O4S. The summed E-state index contributed by atoms with van der Waals surface area (Å²) in [7, 11) is -3.65. The van der Waals surface area contributed by atoms with Crippen LogP contribution in [0.4, 0.5) is 0 Å². The quantitative estimate of drug-likeness (QED) is 0.540. The van der Waals surface area contributed by atoms with Gasteiger partial charge in [-0.15, -0.1) is 0 Å². The van der Waals surface area contributed by atoms with Crippen LogP contribution in [0.15, 0.2) is 28.7 Å². The molecule has 1 aromatic carbocycles. The molecule has 1 amide bonds. The van der Waals surface area contributed by atoms with E-state index >= 15 is 0 Å². The number of oxazole rings is 1. The number of likely N-dealkylation sites (N-methyl/N-ethyl adjacent to an activating group) is 1. The summed E-state index contributed by atoms with van der Waals surface area (Å²) in [4.78, 5) is 21.3. The minimum atomic E-state index is -3.65. The summed E-state index contributed by atoms with van der Waals surface area (Å²) in [5.74, 6) is -0.497. The van der Waals surface area contributed by atoms with Gasteiger partial charge in [0.2, 0.25) is 11.8 Å². The predicted octanol–water partition coefficient (Wildman–Crippen LogP) is 2.02. The highest BCUT2D eigenvalue weighted by Gasteiger charge is 2.22. The molecule has 0 atom stereocenters. The van der Waals surface area contributed by atoms with Crippen molar-refractivity contribution < 1.29 is 17.6 Å². The predicted molar refractivity (Wildman–Crippen MR) is 125 cm³/mol. The molecule has 0 unspecified atom stereocenters. The maximum absolute atomic E-state index is 12.5. The third-order valence-corrected chi connectivity index (χ3v) is 7.20. The van der Waals surface area contributed by atoms with Crippen LogP contribution in [0, 0.1) is 13.8 Å². The molecule has 1 aliphatic heterocycles. The lowest BCUT2D eigenvalue weighted by molar-refractivity contribution is -0.118. The number of nitrogens with zero attached hydrogens (tertiary/aromatic N) is 3. The molecule has 0 aliphatic carbocycles. The van der Waals surface area contributed by atoms with E-state index in [4.69, 9.17) is 4.42 Å². The number of carbonyl (C=O) groups excluding carboxylic acids is 1. The Balaban J connectivity index is 1.44. The molecular weight excluding hydrogens is 428 g/mol. The van der Waals surface area contributed by atoms with E-state index in [9.17, 15) is 13.2 Å². The zero-order valence-corrected chi connectivity index (χ0v) is 20.1. The summed E-state index contributed by atoms with van der Waals surface area (Å²) in [6.45, 7) is 12.5. The maximum atomic E-state index is 12.5. The Kier molecular flexibility index (Phi) is 8.44. The number of amides is 1. The summed E-state index contributed by atoms with van der Waals surface area (Å²) >= 11 is 0. The van der Waals surface area contributed by atoms with Crippen LogP contribution in [0.1, 0.15) is 30.4 Å². The third-order valence-electron chi connectivity index (χ3n) is 5.78. The van der Waals surface area contributed by atoms with Crippen molar-refractivity contribution in [3.8, 4) is 11.5 Å². The molecule has 2 heterocycles. The lowest BCUT2D eigenvalue weighted by Gasteiger charge is -2.33. The summed E-state index contributed by atoms with van der Waals surface area (Å²) in [6, 6.07) is 7.66. The van der Waals surface area contributed by atoms with Gasteiger partial charge in [-0.1, -0.05) is 24.6 Å². The monoisotopic (exact) mass is 462 g/mol. The highest BCUT2D eigenvalue weighted by Crippen LogP contribution is 2.23. The number of aromatic nitrogens is 1. The first-order valence-electron chi connectivity index (χ1n) is 11.2. The minimum absolute atomic E-state index is 0.316. The van der Waals surface area contributed by atoms with Gasteiger partial charge in [0.15, 0.2) is 9.84 Å². The SMILES string of the molecule is CCN1CCN(CCCNC(=O)CS(=O)(=O)Cc2nc(-c3ccc(C)cc3)oc2C)CC1. The Morgan fingerprint density at radius 2 is 1.75 bits per heavy atom. The van der Waals surface area contributed by atoms with Crippen molar-refractivity contribution >= 4 is 15.7 Å². The van der Waals surface area contributed by atoms with Crippen LogP contribution >= 0.6 is 0 Å². The number of carbonyl (C=O) groups is 1. The number of sulfone groups is 1. The van der Waals surface area contributed by atoms with E-state index in [2.05, 4.69) is 27.0 Å². The molecule has 1 aromatic heterocycles. The second-order valence-electron chi connectivity index (χ2n) is 8.40. The van der Waals surface area contributed by atoms with E-state index < -0.39 is 21.5 Å². The van der Waals surface area contributed by atoms with Crippen LogP contribution in [0.3, 0.4) is 0 Å². The van der Waals surface area contributed by atoms with Crippen LogP contribution < -0.4 is 5.32 Å². The Morgan fingerprint density at radius 1 is 1.09 bits per heavy atom. The zero-order valence-electron chi connectivity index (χ0n) is 19.3. The standard InChI is InChI=1S/C23H34N4O4S/c1-4-26-12-14-27(15-13-26)11-5-10-24-22(28)17-32(29,30)16-21-19(3)31-23(25-21)20-8-6-18(2)7-9-20/h6-9H,4-5,10-17H2,1-3H3,(H,24,28). The molecule has 1 aliphatic rings. The van der Waals surface area contributed by atoms with Gasteiger partial charge in [0.25, 0.3) is 0 Å². The van der Waals surface area contributed by atoms with E-state index in [1.165, 1.54) is 0 Å². The van der Waals surface area contributed by atoms with Crippen molar-refractivity contribution in [3.05, 3.63) is 41.3 Å². The van der Waals surface area contributed by atoms with E-state index in [-0.39, 0.29) is 5.75 Å². The van der Waals surface area contributed by atoms with Crippen molar-refractivity contribution in [2.24, 2.45) is 0 Å². The molecule has 1 N–H and O–H groups in total. The van der Waals surface area contributed by atoms with Gasteiger partial charge >= 0.3 is 0 Å². The first kappa shape index (κ1) is 24.4. The van der Waals surface area contributed by atoms with Gasteiger partial charge < -0.3 is 19.5 Å². The Hall–Kier alpha value is -2.23. The van der Waals surface area contributed by atoms with Crippen molar-refractivity contribution in [3.63, 3.8) is 0 Å². The van der Waals surface area contributed by atoms with Crippen LogP contribution in [0.25, 0.3) is 11.5 Å². The second-order valence-corrected chi connectivity index (χ2v) is 10.5. The van der Waals surface area contributed by atoms with E-state index in [0.717, 1.165) is 56.8 Å². The van der Waals surface area contributed by atoms with Gasteiger partial charge in [-0.2, -0.15) is 0 Å². The normalized spacial score (nSPS) is 15.7. The fourth-order valence-corrected chi connectivity index (χ4v) is 5.04. The van der Waals surface area contributed by atoms with Gasteiger partial charge in [0.05, 0.1) is 11.4 Å². The molecule has 0 bridgehead atoms. The van der Waals surface area contributed by atoms with Gasteiger partial charge in [-0.3, -0.25) is 4.79 Å².